The van der Waals surface area contributed by atoms with E-state index in [0.29, 0.717) is 10.7 Å². The molecule has 3 aromatic rings. The summed E-state index contributed by atoms with van der Waals surface area (Å²) in [6.07, 6.45) is 0.915. The average molecular weight is 408 g/mol. The Hall–Kier alpha value is -2.86. The van der Waals surface area contributed by atoms with E-state index in [9.17, 15) is 9.59 Å². The Morgan fingerprint density at radius 3 is 2.62 bits per heavy atom. The zero-order valence-corrected chi connectivity index (χ0v) is 17.9. The van der Waals surface area contributed by atoms with E-state index in [4.69, 9.17) is 0 Å². The molecule has 150 valence electrons. The second kappa shape index (κ2) is 9.09. The van der Waals surface area contributed by atoms with Gasteiger partial charge in [0.2, 0.25) is 5.91 Å². The summed E-state index contributed by atoms with van der Waals surface area (Å²) in [5, 5.41) is 7.66. The molecule has 5 nitrogen and oxygen atoms in total. The number of hydrogen-bond acceptors (Lipinski definition) is 4. The molecule has 1 aromatic heterocycles. The van der Waals surface area contributed by atoms with E-state index in [1.807, 2.05) is 63.2 Å². The fraction of sp³-hybridized carbons (Fsp3) is 0.261. The zero-order valence-electron chi connectivity index (χ0n) is 17.1. The highest BCUT2D eigenvalue weighted by atomic mass is 32.2. The summed E-state index contributed by atoms with van der Waals surface area (Å²) >= 11 is 1.32. The van der Waals surface area contributed by atoms with Crippen molar-refractivity contribution >= 4 is 23.4 Å². The number of carbonyl (C=O) groups is 1. The molecule has 29 heavy (non-hydrogen) atoms. The third kappa shape index (κ3) is 5.15. The summed E-state index contributed by atoms with van der Waals surface area (Å²) < 4.78 is 1.38. The van der Waals surface area contributed by atoms with Gasteiger partial charge in [-0.2, -0.15) is 9.78 Å². The van der Waals surface area contributed by atoms with Gasteiger partial charge in [-0.25, -0.2) is 0 Å². The molecule has 0 aliphatic carbocycles. The Morgan fingerprint density at radius 1 is 1.10 bits per heavy atom. The van der Waals surface area contributed by atoms with Crippen molar-refractivity contribution in [3.8, 4) is 5.69 Å². The standard InChI is InChI=1S/C23H25N3O2S/c1-5-18-7-6-8-19(14-18)24-23(28)17(4)29-21-11-12-22(27)26(25-21)20-10-9-15(2)16(3)13-20/h6-14,17H,5H2,1-4H3,(H,24,28). The quantitative estimate of drug-likeness (QED) is 0.610. The fourth-order valence-electron chi connectivity index (χ4n) is 2.85. The topological polar surface area (TPSA) is 64.0 Å². The van der Waals surface area contributed by atoms with Gasteiger partial charge < -0.3 is 5.32 Å². The molecule has 0 aliphatic heterocycles. The Bertz CT molecular complexity index is 1090. The number of nitrogens with one attached hydrogen (secondary N) is 1. The van der Waals surface area contributed by atoms with Gasteiger partial charge >= 0.3 is 0 Å². The van der Waals surface area contributed by atoms with Crippen molar-refractivity contribution in [3.05, 3.63) is 81.6 Å². The third-order valence-electron chi connectivity index (χ3n) is 4.78. The van der Waals surface area contributed by atoms with Crippen molar-refractivity contribution in [2.45, 2.75) is 44.4 Å². The van der Waals surface area contributed by atoms with Crippen LogP contribution < -0.4 is 10.9 Å². The SMILES string of the molecule is CCc1cccc(NC(=O)C(C)Sc2ccc(=O)n(-c3ccc(C)c(C)c3)n2)c1. The maximum absolute atomic E-state index is 12.6. The number of aromatic nitrogens is 2. The molecule has 2 aromatic carbocycles. The van der Waals surface area contributed by atoms with Crippen molar-refractivity contribution in [2.24, 2.45) is 0 Å². The minimum Gasteiger partial charge on any atom is -0.325 e. The summed E-state index contributed by atoms with van der Waals surface area (Å²) in [7, 11) is 0. The highest BCUT2D eigenvalue weighted by Gasteiger charge is 2.16. The van der Waals surface area contributed by atoms with Gasteiger partial charge in [0.05, 0.1) is 10.9 Å². The van der Waals surface area contributed by atoms with E-state index in [0.717, 1.165) is 23.2 Å². The van der Waals surface area contributed by atoms with Crippen LogP contribution in [0, 0.1) is 13.8 Å². The second-order valence-electron chi connectivity index (χ2n) is 6.99. The number of aryl methyl sites for hydroxylation is 3. The van der Waals surface area contributed by atoms with Crippen LogP contribution in [0.1, 0.15) is 30.5 Å². The number of carbonyl (C=O) groups excluding carboxylic acids is 1. The lowest BCUT2D eigenvalue weighted by Gasteiger charge is -2.13. The monoisotopic (exact) mass is 407 g/mol. The van der Waals surface area contributed by atoms with E-state index in [2.05, 4.69) is 17.3 Å². The molecule has 1 N–H and O–H groups in total. The van der Waals surface area contributed by atoms with Gasteiger partial charge in [0.1, 0.15) is 5.03 Å². The van der Waals surface area contributed by atoms with Crippen molar-refractivity contribution < 1.29 is 4.79 Å². The first-order chi connectivity index (χ1) is 13.9. The van der Waals surface area contributed by atoms with Gasteiger partial charge in [-0.05, 0) is 74.2 Å². The molecule has 0 fully saturated rings. The van der Waals surface area contributed by atoms with Gasteiger partial charge in [-0.15, -0.1) is 0 Å². The number of amides is 1. The molecular weight excluding hydrogens is 382 g/mol. The summed E-state index contributed by atoms with van der Waals surface area (Å²) in [4.78, 5) is 24.9. The molecule has 0 aliphatic rings. The maximum Gasteiger partial charge on any atom is 0.271 e. The van der Waals surface area contributed by atoms with E-state index in [-0.39, 0.29) is 16.7 Å². The Labute approximate surface area is 175 Å². The van der Waals surface area contributed by atoms with E-state index >= 15 is 0 Å². The predicted molar refractivity (Wildman–Crippen MR) is 119 cm³/mol. The molecule has 0 bridgehead atoms. The van der Waals surface area contributed by atoms with E-state index in [1.54, 1.807) is 6.07 Å². The maximum atomic E-state index is 12.6. The predicted octanol–water partition coefficient (Wildman–Crippen LogP) is 4.53. The highest BCUT2D eigenvalue weighted by molar-refractivity contribution is 8.00. The molecule has 0 saturated heterocycles. The van der Waals surface area contributed by atoms with Gasteiger partial charge in [0.15, 0.2) is 0 Å². The summed E-state index contributed by atoms with van der Waals surface area (Å²) in [5.74, 6) is -0.103. The Morgan fingerprint density at radius 2 is 1.90 bits per heavy atom. The minimum atomic E-state index is -0.363. The molecular formula is C23H25N3O2S. The number of rotatable bonds is 6. The van der Waals surface area contributed by atoms with Crippen molar-refractivity contribution in [3.63, 3.8) is 0 Å². The summed E-state index contributed by atoms with van der Waals surface area (Å²) in [6.45, 7) is 7.94. The first-order valence-corrected chi connectivity index (χ1v) is 10.5. The van der Waals surface area contributed by atoms with E-state index in [1.165, 1.54) is 28.1 Å². The van der Waals surface area contributed by atoms with Crippen LogP contribution in [-0.2, 0) is 11.2 Å². The number of benzene rings is 2. The number of anilines is 1. The minimum absolute atomic E-state index is 0.103. The highest BCUT2D eigenvalue weighted by Crippen LogP contribution is 2.22. The first-order valence-electron chi connectivity index (χ1n) is 9.62. The smallest absolute Gasteiger partial charge is 0.271 e. The van der Waals surface area contributed by atoms with E-state index < -0.39 is 0 Å². The van der Waals surface area contributed by atoms with Crippen LogP contribution >= 0.6 is 11.8 Å². The van der Waals surface area contributed by atoms with Crippen LogP contribution in [-0.4, -0.2) is 20.9 Å². The molecule has 3 rings (SSSR count). The van der Waals surface area contributed by atoms with Gasteiger partial charge in [-0.3, -0.25) is 9.59 Å². The van der Waals surface area contributed by atoms with Gasteiger partial charge in [-0.1, -0.05) is 36.9 Å². The van der Waals surface area contributed by atoms with Crippen molar-refractivity contribution in [1.29, 1.82) is 0 Å². The molecule has 1 heterocycles. The molecule has 0 spiro atoms. The number of thioether (sulfide) groups is 1. The number of hydrogen-bond donors (Lipinski definition) is 1. The third-order valence-corrected chi connectivity index (χ3v) is 5.81. The van der Waals surface area contributed by atoms with Crippen LogP contribution in [0.25, 0.3) is 5.69 Å². The molecule has 6 heteroatoms. The lowest BCUT2D eigenvalue weighted by Crippen LogP contribution is -2.24. The molecule has 1 unspecified atom stereocenters. The van der Waals surface area contributed by atoms with Crippen molar-refractivity contribution in [2.75, 3.05) is 5.32 Å². The molecule has 1 amide bonds. The number of nitrogens with zero attached hydrogens (tertiary/aromatic N) is 2. The molecule has 1 atom stereocenters. The lowest BCUT2D eigenvalue weighted by atomic mass is 10.1. The van der Waals surface area contributed by atoms with Crippen LogP contribution in [0.5, 0.6) is 0 Å². The summed E-state index contributed by atoms with van der Waals surface area (Å²) in [6, 6.07) is 16.8. The van der Waals surface area contributed by atoms with Crippen LogP contribution in [0.15, 0.2) is 64.4 Å². The second-order valence-corrected chi connectivity index (χ2v) is 8.35. The first kappa shape index (κ1) is 20.9. The van der Waals surface area contributed by atoms with Crippen LogP contribution in [0.4, 0.5) is 5.69 Å². The fourth-order valence-corrected chi connectivity index (χ4v) is 3.65. The van der Waals surface area contributed by atoms with Crippen molar-refractivity contribution in [1.82, 2.24) is 9.78 Å². The Kier molecular flexibility index (Phi) is 6.54. The largest absolute Gasteiger partial charge is 0.325 e. The summed E-state index contributed by atoms with van der Waals surface area (Å²) in [5.41, 5.74) is 4.72. The van der Waals surface area contributed by atoms with Crippen LogP contribution in [0.3, 0.4) is 0 Å². The normalized spacial score (nSPS) is 11.9. The zero-order chi connectivity index (χ0) is 21.0. The van der Waals surface area contributed by atoms with Gasteiger partial charge in [0.25, 0.3) is 5.56 Å². The van der Waals surface area contributed by atoms with Gasteiger partial charge in [0, 0.05) is 11.8 Å². The van der Waals surface area contributed by atoms with Crippen LogP contribution in [0.2, 0.25) is 0 Å². The lowest BCUT2D eigenvalue weighted by molar-refractivity contribution is -0.115. The molecule has 0 radical (unpaired) electrons. The Balaban J connectivity index is 1.76. The molecule has 0 saturated carbocycles. The average Bonchev–Trinajstić information content (AvgIpc) is 2.71.